The fourth-order valence-corrected chi connectivity index (χ4v) is 0.0758. The first kappa shape index (κ1) is 13.2. The van der Waals surface area contributed by atoms with Crippen LogP contribution in [0.15, 0.2) is 0 Å². The first-order chi connectivity index (χ1) is 4.81. The molecule has 0 aromatic rings. The Morgan fingerprint density at radius 3 is 1.18 bits per heavy atom. The van der Waals surface area contributed by atoms with Crippen LogP contribution in [-0.4, -0.2) is 18.8 Å². The van der Waals surface area contributed by atoms with E-state index in [0.717, 1.165) is 0 Å². The normalized spacial score (nSPS) is 12.0. The van der Waals surface area contributed by atoms with E-state index in [1.54, 1.807) is 0 Å². The molecule has 0 fully saturated rings. The summed E-state index contributed by atoms with van der Waals surface area (Å²) >= 11 is 0. The van der Waals surface area contributed by atoms with Gasteiger partial charge < -0.3 is 0 Å². The lowest BCUT2D eigenvalue weighted by molar-refractivity contribution is -0.286. The van der Waals surface area contributed by atoms with Gasteiger partial charge in [-0.05, 0) is 0 Å². The van der Waals surface area contributed by atoms with Crippen LogP contribution in [0.25, 0.3) is 0 Å². The van der Waals surface area contributed by atoms with Gasteiger partial charge >= 0.3 is 12.1 Å². The maximum absolute atomic E-state index is 11.2. The highest BCUT2D eigenvalue weighted by atomic mass is 19.4. The average Bonchev–Trinajstić information content (AvgIpc) is 1.90. The molecule has 0 aromatic heterocycles. The largest absolute Gasteiger partial charge is 0.456 e. The van der Waals surface area contributed by atoms with E-state index in [4.69, 9.17) is 0 Å². The van der Waals surface area contributed by atoms with E-state index in [1.165, 1.54) is 0 Å². The van der Waals surface area contributed by atoms with E-state index in [-0.39, 0.29) is 0 Å². The third-order valence-corrected chi connectivity index (χ3v) is 0.583. The van der Waals surface area contributed by atoms with Crippen molar-refractivity contribution < 1.29 is 26.3 Å². The lowest BCUT2D eigenvalue weighted by Gasteiger charge is -2.14. The van der Waals surface area contributed by atoms with Crippen LogP contribution in [0.5, 0.6) is 0 Å². The molecule has 70 valence electrons. The fraction of sp³-hybridized carbons (Fsp3) is 1.00. The van der Waals surface area contributed by atoms with E-state index in [0.29, 0.717) is 0 Å². The van der Waals surface area contributed by atoms with Crippen LogP contribution >= 0.6 is 0 Å². The first-order valence-electron chi connectivity index (χ1n) is 2.82. The van der Waals surface area contributed by atoms with Crippen molar-refractivity contribution in [3.05, 3.63) is 0 Å². The molecule has 0 saturated carbocycles. The highest BCUT2D eigenvalue weighted by molar-refractivity contribution is 4.73. The minimum atomic E-state index is -5.76. The molecule has 0 rings (SSSR count). The third kappa shape index (κ3) is 4.10. The molecule has 0 heterocycles. The number of hydrogen-bond acceptors (Lipinski definition) is 0. The van der Waals surface area contributed by atoms with Gasteiger partial charge in [-0.25, -0.2) is 4.39 Å². The van der Waals surface area contributed by atoms with Crippen molar-refractivity contribution in [2.75, 3.05) is 6.67 Å². The average molecular weight is 182 g/mol. The molecular weight excluding hydrogens is 174 g/mol. The lowest BCUT2D eigenvalue weighted by atomic mass is 10.4. The Labute approximate surface area is 60.2 Å². The highest BCUT2D eigenvalue weighted by Gasteiger charge is 2.57. The number of rotatable bonds is 1. The monoisotopic (exact) mass is 182 g/mol. The molecule has 11 heavy (non-hydrogen) atoms. The molecule has 0 aliphatic heterocycles. The minimum absolute atomic E-state index is 2.00. The second kappa shape index (κ2) is 4.46. The molecule has 0 aliphatic carbocycles. The predicted molar refractivity (Wildman–Crippen MR) is 28.3 cm³/mol. The Balaban J connectivity index is 0. The molecule has 0 aromatic carbocycles. The van der Waals surface area contributed by atoms with Gasteiger partial charge in [0.05, 0.1) is 0 Å². The topological polar surface area (TPSA) is 0 Å². The van der Waals surface area contributed by atoms with Gasteiger partial charge in [-0.1, -0.05) is 13.8 Å². The van der Waals surface area contributed by atoms with Gasteiger partial charge in [0.2, 0.25) is 0 Å². The van der Waals surface area contributed by atoms with E-state index in [9.17, 15) is 26.3 Å². The second-order valence-electron chi connectivity index (χ2n) is 1.34. The number of halogens is 6. The van der Waals surface area contributed by atoms with Crippen molar-refractivity contribution in [2.45, 2.75) is 25.9 Å². The van der Waals surface area contributed by atoms with Crippen LogP contribution in [0.3, 0.4) is 0 Å². The third-order valence-electron chi connectivity index (χ3n) is 0.583. The highest BCUT2D eigenvalue weighted by Crippen LogP contribution is 2.35. The van der Waals surface area contributed by atoms with Crippen molar-refractivity contribution in [1.82, 2.24) is 0 Å². The molecule has 0 nitrogen and oxygen atoms in total. The molecule has 0 amide bonds. The summed E-state index contributed by atoms with van der Waals surface area (Å²) in [5.74, 6) is -5.19. The van der Waals surface area contributed by atoms with Gasteiger partial charge in [0.1, 0.15) is 0 Å². The van der Waals surface area contributed by atoms with Crippen molar-refractivity contribution in [3.8, 4) is 0 Å². The molecule has 0 aliphatic rings. The minimum Gasteiger partial charge on any atom is -0.244 e. The molecule has 0 radical (unpaired) electrons. The molecule has 6 heteroatoms. The van der Waals surface area contributed by atoms with Crippen molar-refractivity contribution in [3.63, 3.8) is 0 Å². The van der Waals surface area contributed by atoms with Gasteiger partial charge in [-0.3, -0.25) is 0 Å². The zero-order valence-electron chi connectivity index (χ0n) is 5.97. The molecule has 0 N–H and O–H groups in total. The Morgan fingerprint density at radius 1 is 0.909 bits per heavy atom. The van der Waals surface area contributed by atoms with Gasteiger partial charge in [0.25, 0.3) is 0 Å². The van der Waals surface area contributed by atoms with Crippen LogP contribution in [0.1, 0.15) is 13.8 Å². The zero-order chi connectivity index (χ0) is 9.71. The Bertz CT molecular complexity index is 93.6. The zero-order valence-corrected chi connectivity index (χ0v) is 5.97. The van der Waals surface area contributed by atoms with Crippen LogP contribution in [0.2, 0.25) is 0 Å². The summed E-state index contributed by atoms with van der Waals surface area (Å²) in [5, 5.41) is 0. The second-order valence-corrected chi connectivity index (χ2v) is 1.34. The summed E-state index contributed by atoms with van der Waals surface area (Å²) in [6.07, 6.45) is -5.76. The SMILES string of the molecule is CC.FCC(F)(F)C(F)(F)F. The summed E-state index contributed by atoms with van der Waals surface area (Å²) in [6, 6.07) is 0. The maximum Gasteiger partial charge on any atom is 0.456 e. The molecule has 0 unspecified atom stereocenters. The van der Waals surface area contributed by atoms with E-state index < -0.39 is 18.8 Å². The van der Waals surface area contributed by atoms with Crippen LogP contribution in [0, 0.1) is 0 Å². The van der Waals surface area contributed by atoms with Gasteiger partial charge in [-0.15, -0.1) is 0 Å². The summed E-state index contributed by atoms with van der Waals surface area (Å²) in [4.78, 5) is 0. The summed E-state index contributed by atoms with van der Waals surface area (Å²) < 4.78 is 65.6. The first-order valence-corrected chi connectivity index (χ1v) is 2.82. The summed E-state index contributed by atoms with van der Waals surface area (Å²) in [7, 11) is 0. The molecule has 0 saturated heterocycles. The molecule has 0 spiro atoms. The Morgan fingerprint density at radius 2 is 1.18 bits per heavy atom. The number of hydrogen-bond donors (Lipinski definition) is 0. The van der Waals surface area contributed by atoms with Crippen molar-refractivity contribution in [1.29, 1.82) is 0 Å². The van der Waals surface area contributed by atoms with Crippen LogP contribution < -0.4 is 0 Å². The fourth-order valence-electron chi connectivity index (χ4n) is 0.0758. The smallest absolute Gasteiger partial charge is 0.244 e. The van der Waals surface area contributed by atoms with Crippen molar-refractivity contribution >= 4 is 0 Å². The predicted octanol–water partition coefficient (Wildman–Crippen LogP) is 3.18. The standard InChI is InChI=1S/C3H2F6.C2H6/c4-1-2(5,6)3(7,8)9;1-2/h1H2;1-2H3. The van der Waals surface area contributed by atoms with Crippen LogP contribution in [-0.2, 0) is 0 Å². The van der Waals surface area contributed by atoms with Gasteiger partial charge in [0.15, 0.2) is 6.67 Å². The van der Waals surface area contributed by atoms with Crippen molar-refractivity contribution in [2.24, 2.45) is 0 Å². The van der Waals surface area contributed by atoms with Crippen LogP contribution in [0.4, 0.5) is 26.3 Å². The lowest BCUT2D eigenvalue weighted by Crippen LogP contribution is -2.38. The van der Waals surface area contributed by atoms with Gasteiger partial charge in [0, 0.05) is 0 Å². The maximum atomic E-state index is 11.2. The Kier molecular flexibility index (Phi) is 5.34. The Hall–Kier alpha value is -0.420. The van der Waals surface area contributed by atoms with Gasteiger partial charge in [-0.2, -0.15) is 22.0 Å². The van der Waals surface area contributed by atoms with E-state index >= 15 is 0 Å². The number of alkyl halides is 6. The molecule has 0 atom stereocenters. The molecule has 0 bridgehead atoms. The van der Waals surface area contributed by atoms with E-state index in [2.05, 4.69) is 0 Å². The molecular formula is C5H8F6. The van der Waals surface area contributed by atoms with E-state index in [1.807, 2.05) is 13.8 Å². The quantitative estimate of drug-likeness (QED) is 0.546. The summed E-state index contributed by atoms with van der Waals surface area (Å²) in [6.45, 7) is 1.30. The summed E-state index contributed by atoms with van der Waals surface area (Å²) in [5.41, 5.74) is 0.